The zero-order valence-electron chi connectivity index (χ0n) is 22.7. The molecule has 0 aliphatic rings. The molecule has 0 spiro atoms. The zero-order chi connectivity index (χ0) is 28.7. The summed E-state index contributed by atoms with van der Waals surface area (Å²) in [4.78, 5) is 0. The van der Waals surface area contributed by atoms with Crippen LogP contribution in [0.4, 0.5) is 0 Å². The van der Waals surface area contributed by atoms with E-state index in [9.17, 15) is 10.5 Å². The first-order valence-electron chi connectivity index (χ1n) is 14.1. The van der Waals surface area contributed by atoms with Gasteiger partial charge in [0.15, 0.2) is 11.2 Å². The van der Waals surface area contributed by atoms with Crippen LogP contribution in [0.25, 0.3) is 76.9 Å². The van der Waals surface area contributed by atoms with Gasteiger partial charge in [0.05, 0.1) is 56.7 Å². The molecular formula is C38H20N4O. The van der Waals surface area contributed by atoms with Crippen LogP contribution < -0.4 is 0 Å². The molecule has 0 bridgehead atoms. The van der Waals surface area contributed by atoms with Gasteiger partial charge in [0.2, 0.25) is 0 Å². The summed E-state index contributed by atoms with van der Waals surface area (Å²) < 4.78 is 11.4. The molecule has 0 aliphatic carbocycles. The normalized spacial score (nSPS) is 11.7. The summed E-state index contributed by atoms with van der Waals surface area (Å²) in [6, 6.07) is 45.5. The van der Waals surface area contributed by atoms with Crippen molar-refractivity contribution in [3.05, 3.63) is 132 Å². The SMILES string of the molecule is N#Cc1ccc2c(c1)c1cc(C#N)ccc1n2-c1cccc2c1oc1c(-n3c4ccccc4c4ccccc43)cccc12. The lowest BCUT2D eigenvalue weighted by Gasteiger charge is -2.09. The van der Waals surface area contributed by atoms with Crippen molar-refractivity contribution in [3.63, 3.8) is 0 Å². The third-order valence-electron chi connectivity index (χ3n) is 8.57. The molecule has 3 aromatic heterocycles. The van der Waals surface area contributed by atoms with Crippen molar-refractivity contribution in [1.82, 2.24) is 9.13 Å². The smallest absolute Gasteiger partial charge is 0.159 e. The van der Waals surface area contributed by atoms with E-state index in [4.69, 9.17) is 4.42 Å². The average molecular weight is 549 g/mol. The summed E-state index contributed by atoms with van der Waals surface area (Å²) in [5.74, 6) is 0. The largest absolute Gasteiger partial charge is 0.452 e. The van der Waals surface area contributed by atoms with Crippen LogP contribution in [-0.2, 0) is 0 Å². The maximum Gasteiger partial charge on any atom is 0.159 e. The van der Waals surface area contributed by atoms with Crippen molar-refractivity contribution in [1.29, 1.82) is 10.5 Å². The number of fused-ring (bicyclic) bond motifs is 9. The molecule has 0 radical (unpaired) electrons. The number of furan rings is 1. The molecule has 0 atom stereocenters. The number of para-hydroxylation sites is 4. The summed E-state index contributed by atoms with van der Waals surface area (Å²) in [5.41, 5.74) is 8.77. The Morgan fingerprint density at radius 2 is 0.837 bits per heavy atom. The van der Waals surface area contributed by atoms with Gasteiger partial charge in [-0.25, -0.2) is 0 Å². The Labute approximate surface area is 245 Å². The van der Waals surface area contributed by atoms with Crippen LogP contribution in [0.3, 0.4) is 0 Å². The van der Waals surface area contributed by atoms with E-state index in [1.165, 1.54) is 10.8 Å². The Morgan fingerprint density at radius 3 is 1.30 bits per heavy atom. The van der Waals surface area contributed by atoms with E-state index in [2.05, 4.69) is 106 Å². The Bertz CT molecular complexity index is 2580. The van der Waals surface area contributed by atoms with Gasteiger partial charge in [0.1, 0.15) is 0 Å². The summed E-state index contributed by atoms with van der Waals surface area (Å²) in [5, 5.41) is 25.6. The van der Waals surface area contributed by atoms with Gasteiger partial charge in [-0.2, -0.15) is 10.5 Å². The zero-order valence-corrected chi connectivity index (χ0v) is 22.7. The molecule has 9 rings (SSSR count). The van der Waals surface area contributed by atoms with Crippen molar-refractivity contribution in [2.75, 3.05) is 0 Å². The molecule has 5 nitrogen and oxygen atoms in total. The van der Waals surface area contributed by atoms with Gasteiger partial charge in [0.25, 0.3) is 0 Å². The molecule has 0 saturated carbocycles. The molecule has 198 valence electrons. The molecule has 9 aromatic rings. The van der Waals surface area contributed by atoms with Gasteiger partial charge in [0, 0.05) is 32.3 Å². The van der Waals surface area contributed by atoms with Crippen molar-refractivity contribution in [2.24, 2.45) is 0 Å². The fraction of sp³-hybridized carbons (Fsp3) is 0. The number of nitriles is 2. The second-order valence-corrected chi connectivity index (χ2v) is 10.8. The minimum absolute atomic E-state index is 0.576. The third-order valence-corrected chi connectivity index (χ3v) is 8.57. The highest BCUT2D eigenvalue weighted by molar-refractivity contribution is 6.15. The molecule has 0 unspecified atom stereocenters. The second-order valence-electron chi connectivity index (χ2n) is 10.8. The van der Waals surface area contributed by atoms with Gasteiger partial charge in [-0.3, -0.25) is 0 Å². The average Bonchev–Trinajstić information content (AvgIpc) is 3.72. The van der Waals surface area contributed by atoms with Crippen LogP contribution in [0.2, 0.25) is 0 Å². The van der Waals surface area contributed by atoms with Crippen molar-refractivity contribution in [2.45, 2.75) is 0 Å². The molecule has 0 amide bonds. The molecule has 0 N–H and O–H groups in total. The molecular weight excluding hydrogens is 528 g/mol. The highest BCUT2D eigenvalue weighted by atomic mass is 16.3. The topological polar surface area (TPSA) is 70.6 Å². The number of benzene rings is 6. The van der Waals surface area contributed by atoms with E-state index in [1.807, 2.05) is 36.4 Å². The molecule has 0 fully saturated rings. The van der Waals surface area contributed by atoms with Gasteiger partial charge >= 0.3 is 0 Å². The minimum Gasteiger partial charge on any atom is -0.452 e. The Hall–Kier alpha value is -6.30. The number of rotatable bonds is 2. The summed E-state index contributed by atoms with van der Waals surface area (Å²) >= 11 is 0. The quantitative estimate of drug-likeness (QED) is 0.216. The molecule has 3 heterocycles. The molecule has 0 saturated heterocycles. The fourth-order valence-electron chi connectivity index (χ4n) is 6.75. The van der Waals surface area contributed by atoms with E-state index >= 15 is 0 Å². The van der Waals surface area contributed by atoms with E-state index in [1.54, 1.807) is 0 Å². The lowest BCUT2D eigenvalue weighted by atomic mass is 10.1. The molecule has 0 aliphatic heterocycles. The van der Waals surface area contributed by atoms with Crippen molar-refractivity contribution in [3.8, 4) is 23.5 Å². The first kappa shape index (κ1) is 23.4. The van der Waals surface area contributed by atoms with Gasteiger partial charge in [-0.15, -0.1) is 0 Å². The predicted octanol–water partition coefficient (Wildman–Crippen LogP) is 9.52. The summed E-state index contributed by atoms with van der Waals surface area (Å²) in [6.07, 6.45) is 0. The minimum atomic E-state index is 0.576. The fourth-order valence-corrected chi connectivity index (χ4v) is 6.75. The summed E-state index contributed by atoms with van der Waals surface area (Å²) in [6.45, 7) is 0. The number of aromatic nitrogens is 2. The van der Waals surface area contributed by atoms with Crippen LogP contribution in [0, 0.1) is 22.7 Å². The van der Waals surface area contributed by atoms with Gasteiger partial charge in [-0.05, 0) is 60.7 Å². The monoisotopic (exact) mass is 548 g/mol. The van der Waals surface area contributed by atoms with Crippen LogP contribution in [0.15, 0.2) is 126 Å². The van der Waals surface area contributed by atoms with Crippen LogP contribution in [0.5, 0.6) is 0 Å². The first-order chi connectivity index (χ1) is 21.2. The molecule has 5 heteroatoms. The van der Waals surface area contributed by atoms with E-state index < -0.39 is 0 Å². The van der Waals surface area contributed by atoms with Crippen LogP contribution in [0.1, 0.15) is 11.1 Å². The second kappa shape index (κ2) is 8.60. The highest BCUT2D eigenvalue weighted by Crippen LogP contribution is 2.41. The number of hydrogen-bond donors (Lipinski definition) is 0. The van der Waals surface area contributed by atoms with Gasteiger partial charge < -0.3 is 13.6 Å². The Morgan fingerprint density at radius 1 is 0.419 bits per heavy atom. The Kier molecular flexibility index (Phi) is 4.68. The maximum absolute atomic E-state index is 9.63. The van der Waals surface area contributed by atoms with Crippen molar-refractivity contribution < 1.29 is 4.42 Å². The molecule has 6 aromatic carbocycles. The standard InChI is InChI=1S/C38H20N4O/c39-21-23-15-17-33-29(19-23)30-20-24(22-40)16-18-34(30)42(33)36-14-6-10-28-27-9-5-13-35(37(27)43-38(28)36)41-31-11-3-1-7-25(31)26-8-2-4-12-32(26)41/h1-20H. The van der Waals surface area contributed by atoms with Crippen LogP contribution in [-0.4, -0.2) is 9.13 Å². The van der Waals surface area contributed by atoms with Crippen LogP contribution >= 0.6 is 0 Å². The van der Waals surface area contributed by atoms with Gasteiger partial charge in [-0.1, -0.05) is 60.7 Å². The predicted molar refractivity (Wildman–Crippen MR) is 172 cm³/mol. The molecule has 43 heavy (non-hydrogen) atoms. The number of nitrogens with zero attached hydrogens (tertiary/aromatic N) is 4. The highest BCUT2D eigenvalue weighted by Gasteiger charge is 2.21. The number of hydrogen-bond acceptors (Lipinski definition) is 3. The Balaban J connectivity index is 1.39. The maximum atomic E-state index is 9.63. The lowest BCUT2D eigenvalue weighted by Crippen LogP contribution is -1.94. The first-order valence-corrected chi connectivity index (χ1v) is 14.1. The third kappa shape index (κ3) is 3.14. The van der Waals surface area contributed by atoms with E-state index in [0.29, 0.717) is 11.1 Å². The van der Waals surface area contributed by atoms with Crippen molar-refractivity contribution >= 4 is 65.6 Å². The lowest BCUT2D eigenvalue weighted by molar-refractivity contribution is 0.664. The van der Waals surface area contributed by atoms with E-state index in [0.717, 1.165) is 66.2 Å². The van der Waals surface area contributed by atoms with E-state index in [-0.39, 0.29) is 0 Å². The summed E-state index contributed by atoms with van der Waals surface area (Å²) in [7, 11) is 0.